The molecule has 1 amide bonds. The molecule has 2 atom stereocenters. The summed E-state index contributed by atoms with van der Waals surface area (Å²) >= 11 is 5.71. The molecule has 0 radical (unpaired) electrons. The number of rotatable bonds is 8. The Bertz CT molecular complexity index is 1460. The second-order valence-electron chi connectivity index (χ2n) is 8.78. The fourth-order valence-electron chi connectivity index (χ4n) is 4.58. The molecular formula is C28H24FN5O3S. The second-order valence-corrected chi connectivity index (χ2v) is 9.17. The van der Waals surface area contributed by atoms with E-state index in [0.717, 1.165) is 17.1 Å². The number of aromatic nitrogens is 2. The molecule has 0 unspecified atom stereocenters. The standard InChI is InChI=1S/C28H24FN5O3S/c29-19-8-10-20(11-9-19)31-24(35)14-17-34-26(25(32-28(34)38)22-4-1-2-15-30-22)23-5-3-16-33(23)21-12-6-18(7-13-21)27(36)37/h1-13,15-16,25-26H,14,17H2,(H,31,35)(H,32,38)(H,36,37)/t25-,26-/m0/s1. The molecule has 10 heteroatoms. The summed E-state index contributed by atoms with van der Waals surface area (Å²) in [6.07, 6.45) is 3.78. The number of aromatic carboxylic acids is 1. The Morgan fingerprint density at radius 3 is 2.47 bits per heavy atom. The third-order valence-corrected chi connectivity index (χ3v) is 6.73. The van der Waals surface area contributed by atoms with Crippen LogP contribution < -0.4 is 10.6 Å². The van der Waals surface area contributed by atoms with Gasteiger partial charge in [0.25, 0.3) is 0 Å². The molecule has 4 aromatic rings. The van der Waals surface area contributed by atoms with E-state index in [1.807, 2.05) is 46.0 Å². The summed E-state index contributed by atoms with van der Waals surface area (Å²) in [5.74, 6) is -1.59. The Labute approximate surface area is 223 Å². The minimum absolute atomic E-state index is 0.151. The summed E-state index contributed by atoms with van der Waals surface area (Å²) in [6, 6.07) is 21.2. The van der Waals surface area contributed by atoms with Crippen LogP contribution in [0.3, 0.4) is 0 Å². The molecule has 5 rings (SSSR count). The fourth-order valence-corrected chi connectivity index (χ4v) is 4.91. The number of thiocarbonyl (C=S) groups is 1. The lowest BCUT2D eigenvalue weighted by Gasteiger charge is -2.29. The number of carbonyl (C=O) groups is 2. The molecule has 0 aliphatic carbocycles. The van der Waals surface area contributed by atoms with Gasteiger partial charge < -0.3 is 25.2 Å². The lowest BCUT2D eigenvalue weighted by atomic mass is 10.0. The SMILES string of the molecule is O=C(CCN1C(=S)N[C@@H](c2ccccn2)[C@@H]1c1cccn1-c1ccc(C(=O)O)cc1)Nc1ccc(F)cc1. The van der Waals surface area contributed by atoms with Crippen LogP contribution in [-0.2, 0) is 4.79 Å². The summed E-state index contributed by atoms with van der Waals surface area (Å²) in [6.45, 7) is 0.329. The third-order valence-electron chi connectivity index (χ3n) is 6.38. The van der Waals surface area contributed by atoms with Gasteiger partial charge in [-0.3, -0.25) is 9.78 Å². The monoisotopic (exact) mass is 529 g/mol. The van der Waals surface area contributed by atoms with Crippen molar-refractivity contribution in [2.24, 2.45) is 0 Å². The summed E-state index contributed by atoms with van der Waals surface area (Å²) in [5, 5.41) is 15.9. The molecule has 2 aromatic heterocycles. The van der Waals surface area contributed by atoms with Crippen LogP contribution in [0.1, 0.15) is 40.3 Å². The number of hydrogen-bond acceptors (Lipinski definition) is 4. The first-order chi connectivity index (χ1) is 18.4. The van der Waals surface area contributed by atoms with Gasteiger partial charge in [0, 0.05) is 42.4 Å². The van der Waals surface area contributed by atoms with E-state index in [-0.39, 0.29) is 35.8 Å². The number of nitrogens with zero attached hydrogens (tertiary/aromatic N) is 3. The van der Waals surface area contributed by atoms with E-state index in [0.29, 0.717) is 17.3 Å². The molecule has 3 N–H and O–H groups in total. The molecule has 1 aliphatic heterocycles. The van der Waals surface area contributed by atoms with Crippen molar-refractivity contribution in [1.29, 1.82) is 0 Å². The number of carbonyl (C=O) groups excluding carboxylic acids is 1. The molecule has 0 bridgehead atoms. The van der Waals surface area contributed by atoms with Crippen LogP contribution in [0.15, 0.2) is 91.3 Å². The van der Waals surface area contributed by atoms with Gasteiger partial charge in [0.1, 0.15) is 5.82 Å². The van der Waals surface area contributed by atoms with Crippen LogP contribution in [0.25, 0.3) is 5.69 Å². The molecule has 192 valence electrons. The maximum atomic E-state index is 13.2. The maximum absolute atomic E-state index is 13.2. The van der Waals surface area contributed by atoms with Crippen LogP contribution in [-0.4, -0.2) is 43.1 Å². The molecule has 1 aliphatic rings. The highest BCUT2D eigenvalue weighted by molar-refractivity contribution is 7.80. The highest BCUT2D eigenvalue weighted by atomic mass is 32.1. The van der Waals surface area contributed by atoms with Crippen LogP contribution >= 0.6 is 12.2 Å². The average Bonchev–Trinajstić information content (AvgIpc) is 3.53. The Kier molecular flexibility index (Phi) is 7.14. The minimum atomic E-state index is -0.991. The van der Waals surface area contributed by atoms with Crippen molar-refractivity contribution in [2.75, 3.05) is 11.9 Å². The molecule has 38 heavy (non-hydrogen) atoms. The second kappa shape index (κ2) is 10.8. The van der Waals surface area contributed by atoms with Gasteiger partial charge in [-0.2, -0.15) is 0 Å². The van der Waals surface area contributed by atoms with E-state index in [1.165, 1.54) is 24.3 Å². The fraction of sp³-hybridized carbons (Fsp3) is 0.143. The zero-order chi connectivity index (χ0) is 26.6. The Balaban J connectivity index is 1.43. The van der Waals surface area contributed by atoms with Gasteiger partial charge in [-0.25, -0.2) is 9.18 Å². The number of hydrogen-bond donors (Lipinski definition) is 3. The van der Waals surface area contributed by atoms with Crippen molar-refractivity contribution in [1.82, 2.24) is 19.8 Å². The molecule has 8 nitrogen and oxygen atoms in total. The van der Waals surface area contributed by atoms with Crippen LogP contribution in [0.4, 0.5) is 10.1 Å². The molecule has 0 spiro atoms. The number of carboxylic acids is 1. The normalized spacial score (nSPS) is 16.8. The Hall–Kier alpha value is -4.57. The van der Waals surface area contributed by atoms with E-state index >= 15 is 0 Å². The Morgan fingerprint density at radius 2 is 1.79 bits per heavy atom. The highest BCUT2D eigenvalue weighted by Crippen LogP contribution is 2.39. The summed E-state index contributed by atoms with van der Waals surface area (Å²) < 4.78 is 15.2. The van der Waals surface area contributed by atoms with Crippen molar-refractivity contribution in [3.8, 4) is 5.69 Å². The zero-order valence-corrected chi connectivity index (χ0v) is 20.9. The number of nitrogens with one attached hydrogen (secondary N) is 2. The van der Waals surface area contributed by atoms with Crippen LogP contribution in [0.2, 0.25) is 0 Å². The quantitative estimate of drug-likeness (QED) is 0.284. The average molecular weight is 530 g/mol. The Morgan fingerprint density at radius 1 is 1.03 bits per heavy atom. The van der Waals surface area contributed by atoms with Gasteiger partial charge in [0.05, 0.1) is 23.3 Å². The van der Waals surface area contributed by atoms with Gasteiger partial charge in [0.15, 0.2) is 5.11 Å². The predicted molar refractivity (Wildman–Crippen MR) is 145 cm³/mol. The van der Waals surface area contributed by atoms with Crippen molar-refractivity contribution in [3.05, 3.63) is 114 Å². The van der Waals surface area contributed by atoms with Crippen LogP contribution in [0, 0.1) is 5.82 Å². The van der Waals surface area contributed by atoms with Crippen molar-refractivity contribution >= 4 is 34.9 Å². The smallest absolute Gasteiger partial charge is 0.335 e. The molecular weight excluding hydrogens is 505 g/mol. The minimum Gasteiger partial charge on any atom is -0.478 e. The maximum Gasteiger partial charge on any atom is 0.335 e. The van der Waals surface area contributed by atoms with Gasteiger partial charge >= 0.3 is 5.97 Å². The number of anilines is 1. The van der Waals surface area contributed by atoms with Gasteiger partial charge in [0.2, 0.25) is 5.91 Å². The van der Waals surface area contributed by atoms with E-state index in [4.69, 9.17) is 12.2 Å². The lowest BCUT2D eigenvalue weighted by molar-refractivity contribution is -0.116. The topological polar surface area (TPSA) is 99.5 Å². The van der Waals surface area contributed by atoms with Crippen LogP contribution in [0.5, 0.6) is 0 Å². The summed E-state index contributed by atoms with van der Waals surface area (Å²) in [7, 11) is 0. The first kappa shape index (κ1) is 25.1. The summed E-state index contributed by atoms with van der Waals surface area (Å²) in [4.78, 5) is 30.6. The number of carboxylic acid groups (broad SMARTS) is 1. The van der Waals surface area contributed by atoms with E-state index in [9.17, 15) is 19.1 Å². The first-order valence-corrected chi connectivity index (χ1v) is 12.4. The van der Waals surface area contributed by atoms with Gasteiger partial charge in [-0.05, 0) is 85.0 Å². The molecule has 1 saturated heterocycles. The lowest BCUT2D eigenvalue weighted by Crippen LogP contribution is -2.33. The number of pyridine rings is 1. The summed E-state index contributed by atoms with van der Waals surface area (Å²) in [5.41, 5.74) is 3.20. The molecule has 1 fully saturated rings. The molecule has 0 saturated carbocycles. The first-order valence-electron chi connectivity index (χ1n) is 11.9. The zero-order valence-electron chi connectivity index (χ0n) is 20.1. The van der Waals surface area contributed by atoms with Crippen molar-refractivity contribution in [3.63, 3.8) is 0 Å². The largest absolute Gasteiger partial charge is 0.478 e. The number of benzene rings is 2. The predicted octanol–water partition coefficient (Wildman–Crippen LogP) is 4.71. The molecule has 2 aromatic carbocycles. The van der Waals surface area contributed by atoms with Gasteiger partial charge in [-0.1, -0.05) is 6.07 Å². The number of halogens is 1. The van der Waals surface area contributed by atoms with Gasteiger partial charge in [-0.15, -0.1) is 0 Å². The molecule has 3 heterocycles. The van der Waals surface area contributed by atoms with E-state index < -0.39 is 5.97 Å². The van der Waals surface area contributed by atoms with E-state index in [1.54, 1.807) is 30.5 Å². The highest BCUT2D eigenvalue weighted by Gasteiger charge is 2.41. The van der Waals surface area contributed by atoms with E-state index in [2.05, 4.69) is 15.6 Å². The number of amides is 1. The van der Waals surface area contributed by atoms with Crippen molar-refractivity contribution < 1.29 is 19.1 Å². The van der Waals surface area contributed by atoms with Crippen molar-refractivity contribution in [2.45, 2.75) is 18.5 Å². The third kappa shape index (κ3) is 5.25.